The van der Waals surface area contributed by atoms with Gasteiger partial charge in [0.15, 0.2) is 5.82 Å². The van der Waals surface area contributed by atoms with E-state index in [0.717, 1.165) is 17.4 Å². The Morgan fingerprint density at radius 3 is 2.33 bits per heavy atom. The molecule has 0 amide bonds. The third-order valence-electron chi connectivity index (χ3n) is 2.39. The number of anilines is 1. The predicted molar refractivity (Wildman–Crippen MR) is 68.9 cm³/mol. The number of nitrogens with zero attached hydrogens (tertiary/aromatic N) is 2. The first-order valence-electron chi connectivity index (χ1n) is 5.23. The summed E-state index contributed by atoms with van der Waals surface area (Å²) in [5.41, 5.74) is 1.54. The van der Waals surface area contributed by atoms with Gasteiger partial charge in [-0.05, 0) is 24.6 Å². The van der Waals surface area contributed by atoms with Crippen LogP contribution in [-0.2, 0) is 13.6 Å². The molecular weight excluding hydrogens is 260 g/mol. The van der Waals surface area contributed by atoms with Crippen molar-refractivity contribution >= 4 is 18.2 Å². The molecular formula is C12H14ClF2N3. The van der Waals surface area contributed by atoms with Crippen LogP contribution < -0.4 is 5.32 Å². The molecule has 1 heterocycles. The SMILES string of the molecule is Cc1cn(C)nc1NCc1cc(F)cc(F)c1.Cl. The molecule has 6 heteroatoms. The van der Waals surface area contributed by atoms with Gasteiger partial charge in [-0.25, -0.2) is 8.78 Å². The summed E-state index contributed by atoms with van der Waals surface area (Å²) in [5.74, 6) is -0.420. The van der Waals surface area contributed by atoms with Crippen LogP contribution in [0, 0.1) is 18.6 Å². The Morgan fingerprint density at radius 2 is 1.83 bits per heavy atom. The molecule has 1 aromatic heterocycles. The van der Waals surface area contributed by atoms with Crippen LogP contribution in [0.5, 0.6) is 0 Å². The lowest BCUT2D eigenvalue weighted by Crippen LogP contribution is -2.02. The zero-order chi connectivity index (χ0) is 12.4. The molecule has 0 atom stereocenters. The molecule has 0 aliphatic rings. The maximum absolute atomic E-state index is 12.9. The summed E-state index contributed by atoms with van der Waals surface area (Å²) in [6.07, 6.45) is 1.87. The standard InChI is InChI=1S/C12H13F2N3.ClH/c1-8-7-17(2)16-12(8)15-6-9-3-10(13)5-11(14)4-9;/h3-5,7H,6H2,1-2H3,(H,15,16);1H. The van der Waals surface area contributed by atoms with Crippen molar-refractivity contribution < 1.29 is 8.78 Å². The Labute approximate surface area is 110 Å². The van der Waals surface area contributed by atoms with Gasteiger partial charge in [-0.3, -0.25) is 4.68 Å². The molecule has 0 aliphatic heterocycles. The van der Waals surface area contributed by atoms with Gasteiger partial charge < -0.3 is 5.32 Å². The van der Waals surface area contributed by atoms with Gasteiger partial charge in [-0.1, -0.05) is 0 Å². The molecule has 0 bridgehead atoms. The summed E-state index contributed by atoms with van der Waals surface area (Å²) in [4.78, 5) is 0. The minimum atomic E-state index is -0.570. The molecule has 0 fully saturated rings. The van der Waals surface area contributed by atoms with E-state index >= 15 is 0 Å². The van der Waals surface area contributed by atoms with Crippen LogP contribution in [0.2, 0.25) is 0 Å². The van der Waals surface area contributed by atoms with Gasteiger partial charge in [0.25, 0.3) is 0 Å². The number of benzene rings is 1. The van der Waals surface area contributed by atoms with Crippen molar-refractivity contribution in [3.63, 3.8) is 0 Å². The molecule has 3 nitrogen and oxygen atoms in total. The van der Waals surface area contributed by atoms with E-state index in [2.05, 4.69) is 10.4 Å². The Bertz CT molecular complexity index is 520. The first-order chi connectivity index (χ1) is 8.04. The molecule has 0 unspecified atom stereocenters. The first kappa shape index (κ1) is 14.4. The number of hydrogen-bond acceptors (Lipinski definition) is 2. The quantitative estimate of drug-likeness (QED) is 0.932. The van der Waals surface area contributed by atoms with E-state index in [1.807, 2.05) is 20.2 Å². The van der Waals surface area contributed by atoms with Gasteiger partial charge in [-0.15, -0.1) is 12.4 Å². The smallest absolute Gasteiger partial charge is 0.151 e. The fourth-order valence-electron chi connectivity index (χ4n) is 1.68. The van der Waals surface area contributed by atoms with Crippen molar-refractivity contribution in [3.05, 3.63) is 47.2 Å². The Kier molecular flexibility index (Phi) is 4.67. The molecule has 0 spiro atoms. The minimum Gasteiger partial charge on any atom is -0.364 e. The molecule has 0 saturated carbocycles. The van der Waals surface area contributed by atoms with Crippen LogP contribution in [0.15, 0.2) is 24.4 Å². The second-order valence-electron chi connectivity index (χ2n) is 3.97. The lowest BCUT2D eigenvalue weighted by molar-refractivity contribution is 0.580. The molecule has 98 valence electrons. The average Bonchev–Trinajstić information content (AvgIpc) is 2.53. The van der Waals surface area contributed by atoms with Crippen molar-refractivity contribution in [2.45, 2.75) is 13.5 Å². The van der Waals surface area contributed by atoms with Crippen LogP contribution >= 0.6 is 12.4 Å². The monoisotopic (exact) mass is 273 g/mol. The first-order valence-corrected chi connectivity index (χ1v) is 5.23. The second kappa shape index (κ2) is 5.82. The van der Waals surface area contributed by atoms with Gasteiger partial charge in [-0.2, -0.15) is 5.10 Å². The molecule has 2 rings (SSSR count). The normalized spacial score (nSPS) is 10.0. The lowest BCUT2D eigenvalue weighted by Gasteiger charge is -2.05. The number of rotatable bonds is 3. The molecule has 0 saturated heterocycles. The fourth-order valence-corrected chi connectivity index (χ4v) is 1.68. The Morgan fingerprint density at radius 1 is 1.22 bits per heavy atom. The van der Waals surface area contributed by atoms with Crippen molar-refractivity contribution in [1.82, 2.24) is 9.78 Å². The van der Waals surface area contributed by atoms with E-state index in [9.17, 15) is 8.78 Å². The fraction of sp³-hybridized carbons (Fsp3) is 0.250. The van der Waals surface area contributed by atoms with Gasteiger partial charge >= 0.3 is 0 Å². The van der Waals surface area contributed by atoms with Crippen LogP contribution in [0.25, 0.3) is 0 Å². The number of nitrogens with one attached hydrogen (secondary N) is 1. The van der Waals surface area contributed by atoms with Gasteiger partial charge in [0.2, 0.25) is 0 Å². The number of hydrogen-bond donors (Lipinski definition) is 1. The molecule has 0 aliphatic carbocycles. The summed E-state index contributed by atoms with van der Waals surface area (Å²) in [6.45, 7) is 2.26. The Balaban J connectivity index is 0.00000162. The van der Waals surface area contributed by atoms with E-state index in [0.29, 0.717) is 12.1 Å². The third kappa shape index (κ3) is 3.43. The zero-order valence-electron chi connectivity index (χ0n) is 10.1. The van der Waals surface area contributed by atoms with Crippen molar-refractivity contribution in [2.24, 2.45) is 7.05 Å². The van der Waals surface area contributed by atoms with Crippen molar-refractivity contribution in [2.75, 3.05) is 5.32 Å². The largest absolute Gasteiger partial charge is 0.364 e. The van der Waals surface area contributed by atoms with E-state index in [4.69, 9.17) is 0 Å². The van der Waals surface area contributed by atoms with Gasteiger partial charge in [0.1, 0.15) is 11.6 Å². The number of aromatic nitrogens is 2. The van der Waals surface area contributed by atoms with Gasteiger partial charge in [0, 0.05) is 31.4 Å². The minimum absolute atomic E-state index is 0. The predicted octanol–water partition coefficient (Wildman–Crippen LogP) is 3.04. The second-order valence-corrected chi connectivity index (χ2v) is 3.97. The van der Waals surface area contributed by atoms with Crippen molar-refractivity contribution in [1.29, 1.82) is 0 Å². The number of halogens is 3. The highest BCUT2D eigenvalue weighted by Gasteiger charge is 2.04. The highest BCUT2D eigenvalue weighted by atomic mass is 35.5. The topological polar surface area (TPSA) is 29.9 Å². The summed E-state index contributed by atoms with van der Waals surface area (Å²) < 4.78 is 27.6. The summed E-state index contributed by atoms with van der Waals surface area (Å²) in [6, 6.07) is 3.46. The molecule has 1 aromatic carbocycles. The summed E-state index contributed by atoms with van der Waals surface area (Å²) in [5, 5.41) is 7.23. The van der Waals surface area contributed by atoms with E-state index in [1.165, 1.54) is 12.1 Å². The van der Waals surface area contributed by atoms with E-state index in [-0.39, 0.29) is 12.4 Å². The van der Waals surface area contributed by atoms with Crippen LogP contribution in [0.3, 0.4) is 0 Å². The maximum Gasteiger partial charge on any atom is 0.151 e. The van der Waals surface area contributed by atoms with Gasteiger partial charge in [0.05, 0.1) is 0 Å². The number of aryl methyl sites for hydroxylation is 2. The van der Waals surface area contributed by atoms with Crippen molar-refractivity contribution in [3.8, 4) is 0 Å². The highest BCUT2D eigenvalue weighted by Crippen LogP contribution is 2.13. The zero-order valence-corrected chi connectivity index (χ0v) is 10.9. The van der Waals surface area contributed by atoms with Crippen LogP contribution in [-0.4, -0.2) is 9.78 Å². The van der Waals surface area contributed by atoms with E-state index in [1.54, 1.807) is 4.68 Å². The van der Waals surface area contributed by atoms with Crippen LogP contribution in [0.1, 0.15) is 11.1 Å². The average molecular weight is 274 g/mol. The molecule has 18 heavy (non-hydrogen) atoms. The summed E-state index contributed by atoms with van der Waals surface area (Å²) >= 11 is 0. The Hall–Kier alpha value is -1.62. The molecule has 1 N–H and O–H groups in total. The maximum atomic E-state index is 12.9. The van der Waals surface area contributed by atoms with Crippen LogP contribution in [0.4, 0.5) is 14.6 Å². The highest BCUT2D eigenvalue weighted by molar-refractivity contribution is 5.85. The summed E-state index contributed by atoms with van der Waals surface area (Å²) in [7, 11) is 1.82. The van der Waals surface area contributed by atoms with E-state index < -0.39 is 11.6 Å². The lowest BCUT2D eigenvalue weighted by atomic mass is 10.2. The third-order valence-corrected chi connectivity index (χ3v) is 2.39. The molecule has 0 radical (unpaired) electrons. The molecule has 2 aromatic rings.